The van der Waals surface area contributed by atoms with Crippen molar-refractivity contribution in [1.29, 1.82) is 0 Å². The van der Waals surface area contributed by atoms with Crippen LogP contribution in [-0.4, -0.2) is 46.9 Å². The lowest BCUT2D eigenvalue weighted by Gasteiger charge is -2.24. The van der Waals surface area contributed by atoms with Crippen LogP contribution in [0.3, 0.4) is 0 Å². The van der Waals surface area contributed by atoms with Crippen LogP contribution in [0.5, 0.6) is 0 Å². The molecular weight excluding hydrogens is 647 g/mol. The van der Waals surface area contributed by atoms with Crippen LogP contribution >= 0.6 is 0 Å². The third-order valence-electron chi connectivity index (χ3n) is 9.41. The first-order valence-corrected chi connectivity index (χ1v) is 21.5. The van der Waals surface area contributed by atoms with E-state index >= 15 is 0 Å². The van der Waals surface area contributed by atoms with Gasteiger partial charge in [-0.15, -0.1) is 0 Å². The highest BCUT2D eigenvalue weighted by Crippen LogP contribution is 2.16. The second-order valence-corrected chi connectivity index (χ2v) is 14.4. The maximum absolute atomic E-state index is 13.1. The number of carbonyl (C=O) groups excluding carboxylic acids is 2. The molecule has 0 aliphatic heterocycles. The fourth-order valence-electron chi connectivity index (χ4n) is 6.13. The Bertz CT molecular complexity index is 952. The van der Waals surface area contributed by atoms with Gasteiger partial charge < -0.3 is 20.3 Å². The van der Waals surface area contributed by atoms with E-state index in [2.05, 4.69) is 68.6 Å². The Morgan fingerprint density at radius 3 is 1.73 bits per heavy atom. The van der Waals surface area contributed by atoms with Crippen molar-refractivity contribution in [3.05, 3.63) is 60.8 Å². The summed E-state index contributed by atoms with van der Waals surface area (Å²) in [4.78, 5) is 25.8. The molecule has 3 unspecified atom stereocenters. The Kier molecular flexibility index (Phi) is 37.9. The minimum absolute atomic E-state index is 0.0300. The van der Waals surface area contributed by atoms with Gasteiger partial charge in [0, 0.05) is 6.42 Å². The number of hydrogen-bond donors (Lipinski definition) is 3. The summed E-state index contributed by atoms with van der Waals surface area (Å²) in [6.07, 6.45) is 47.2. The van der Waals surface area contributed by atoms with Crippen molar-refractivity contribution >= 4 is 11.9 Å². The van der Waals surface area contributed by atoms with Gasteiger partial charge in [0.1, 0.15) is 6.10 Å². The molecule has 3 atom stereocenters. The third-order valence-corrected chi connectivity index (χ3v) is 9.41. The molecule has 6 heteroatoms. The van der Waals surface area contributed by atoms with Crippen LogP contribution in [0.2, 0.25) is 0 Å². The van der Waals surface area contributed by atoms with Crippen molar-refractivity contribution in [2.24, 2.45) is 0 Å². The summed E-state index contributed by atoms with van der Waals surface area (Å²) in [5.41, 5.74) is 0. The van der Waals surface area contributed by atoms with Gasteiger partial charge in [0.15, 0.2) is 0 Å². The Morgan fingerprint density at radius 1 is 0.596 bits per heavy atom. The van der Waals surface area contributed by atoms with Crippen LogP contribution in [0, 0.1) is 0 Å². The molecule has 0 spiro atoms. The normalized spacial score (nSPS) is 14.0. The minimum Gasteiger partial charge on any atom is -0.462 e. The summed E-state index contributed by atoms with van der Waals surface area (Å²) >= 11 is 0. The number of allylic oxidation sites excluding steroid dienone is 10. The molecule has 0 fully saturated rings. The highest BCUT2D eigenvalue weighted by atomic mass is 16.5. The van der Waals surface area contributed by atoms with Gasteiger partial charge in [0.2, 0.25) is 5.91 Å². The van der Waals surface area contributed by atoms with E-state index in [0.29, 0.717) is 19.3 Å². The molecule has 3 N–H and O–H groups in total. The molecule has 300 valence electrons. The van der Waals surface area contributed by atoms with Gasteiger partial charge >= 0.3 is 5.97 Å². The quantitative estimate of drug-likeness (QED) is 0.0256. The van der Waals surface area contributed by atoms with E-state index < -0.39 is 18.2 Å². The Labute approximate surface area is 320 Å². The van der Waals surface area contributed by atoms with Gasteiger partial charge in [-0.2, -0.15) is 0 Å². The largest absolute Gasteiger partial charge is 0.462 e. The molecule has 52 heavy (non-hydrogen) atoms. The van der Waals surface area contributed by atoms with Crippen molar-refractivity contribution in [2.45, 2.75) is 212 Å². The first-order valence-electron chi connectivity index (χ1n) is 21.5. The van der Waals surface area contributed by atoms with Crippen molar-refractivity contribution < 1.29 is 24.5 Å². The zero-order valence-electron chi connectivity index (χ0n) is 33.9. The van der Waals surface area contributed by atoms with Gasteiger partial charge in [-0.3, -0.25) is 9.59 Å². The smallest absolute Gasteiger partial charge is 0.306 e. The predicted molar refractivity (Wildman–Crippen MR) is 222 cm³/mol. The van der Waals surface area contributed by atoms with Gasteiger partial charge in [-0.25, -0.2) is 0 Å². The third kappa shape index (κ3) is 34.6. The van der Waals surface area contributed by atoms with E-state index in [1.54, 1.807) is 0 Å². The van der Waals surface area contributed by atoms with Gasteiger partial charge in [-0.1, -0.05) is 178 Å². The zero-order chi connectivity index (χ0) is 38.2. The number of unbranched alkanes of at least 4 members (excludes halogenated alkanes) is 17. The lowest BCUT2D eigenvalue weighted by Crippen LogP contribution is -2.46. The predicted octanol–water partition coefficient (Wildman–Crippen LogP) is 12.1. The number of amides is 1. The summed E-state index contributed by atoms with van der Waals surface area (Å²) in [7, 11) is 0. The Balaban J connectivity index is 4.74. The number of nitrogens with one attached hydrogen (secondary N) is 1. The molecule has 0 bridgehead atoms. The van der Waals surface area contributed by atoms with Crippen LogP contribution in [0.15, 0.2) is 60.8 Å². The van der Waals surface area contributed by atoms with E-state index in [9.17, 15) is 19.8 Å². The van der Waals surface area contributed by atoms with E-state index in [0.717, 1.165) is 64.2 Å². The number of hydrogen-bond acceptors (Lipinski definition) is 5. The Morgan fingerprint density at radius 2 is 1.12 bits per heavy atom. The summed E-state index contributed by atoms with van der Waals surface area (Å²) < 4.78 is 5.83. The van der Waals surface area contributed by atoms with Crippen molar-refractivity contribution in [3.63, 3.8) is 0 Å². The molecule has 1 amide bonds. The van der Waals surface area contributed by atoms with Crippen LogP contribution in [-0.2, 0) is 14.3 Å². The average molecular weight is 728 g/mol. The summed E-state index contributed by atoms with van der Waals surface area (Å²) in [6.45, 7) is 6.26. The second kappa shape index (κ2) is 39.8. The van der Waals surface area contributed by atoms with Crippen LogP contribution in [0.4, 0.5) is 0 Å². The summed E-state index contributed by atoms with van der Waals surface area (Å²) in [5, 5.41) is 23.5. The molecule has 0 radical (unpaired) electrons. The number of esters is 1. The summed E-state index contributed by atoms with van der Waals surface area (Å²) in [5.74, 6) is -0.598. The number of rotatable bonds is 37. The molecular formula is C46H81NO5. The molecule has 0 rings (SSSR count). The SMILES string of the molecule is CC/C=C/C=C/C=C\CCCCCC(CC(=O)NC(CO)C(O)CCCCCCCCCCC)OC(=O)CC/C=C/C/C=C\CCCCCCCC. The molecule has 0 aromatic heterocycles. The number of ether oxygens (including phenoxy) is 1. The second-order valence-electron chi connectivity index (χ2n) is 14.4. The number of carbonyl (C=O) groups is 2. The zero-order valence-corrected chi connectivity index (χ0v) is 33.9. The molecule has 6 nitrogen and oxygen atoms in total. The van der Waals surface area contributed by atoms with E-state index in [-0.39, 0.29) is 31.3 Å². The van der Waals surface area contributed by atoms with Crippen LogP contribution < -0.4 is 5.32 Å². The van der Waals surface area contributed by atoms with E-state index in [4.69, 9.17) is 4.74 Å². The lowest BCUT2D eigenvalue weighted by molar-refractivity contribution is -0.150. The number of aliphatic hydroxyl groups excluding tert-OH is 2. The first-order chi connectivity index (χ1) is 25.5. The molecule has 0 aliphatic rings. The standard InChI is InChI=1S/C46H81NO5/c1-4-7-10-13-16-19-21-22-24-27-30-33-36-39-46(51)52-42(37-34-31-28-26-23-20-17-14-11-8-5-2)40-45(50)47-43(41-48)44(49)38-35-32-29-25-18-15-12-9-6-3/h8,11,14,17,20,22-24,30,33,42-44,48-49H,4-7,9-10,12-13,15-16,18-19,21,25-29,31-32,34-41H2,1-3H3,(H,47,50)/b11-8+,17-14+,23-20-,24-22-,33-30+. The highest BCUT2D eigenvalue weighted by Gasteiger charge is 2.23. The fourth-order valence-corrected chi connectivity index (χ4v) is 6.13. The molecule has 0 aliphatic carbocycles. The molecule has 0 aromatic rings. The van der Waals surface area contributed by atoms with Gasteiger partial charge in [0.25, 0.3) is 0 Å². The summed E-state index contributed by atoms with van der Waals surface area (Å²) in [6, 6.07) is -0.721. The topological polar surface area (TPSA) is 95.9 Å². The van der Waals surface area contributed by atoms with E-state index in [1.807, 2.05) is 18.2 Å². The monoisotopic (exact) mass is 728 g/mol. The highest BCUT2D eigenvalue weighted by molar-refractivity contribution is 5.77. The van der Waals surface area contributed by atoms with Gasteiger partial charge in [-0.05, 0) is 64.2 Å². The maximum atomic E-state index is 13.1. The molecule has 0 saturated heterocycles. The van der Waals surface area contributed by atoms with Crippen LogP contribution in [0.25, 0.3) is 0 Å². The molecule has 0 saturated carbocycles. The van der Waals surface area contributed by atoms with Gasteiger partial charge in [0.05, 0.1) is 25.2 Å². The number of aliphatic hydroxyl groups is 2. The van der Waals surface area contributed by atoms with E-state index in [1.165, 1.54) is 77.0 Å². The van der Waals surface area contributed by atoms with Crippen molar-refractivity contribution in [3.8, 4) is 0 Å². The van der Waals surface area contributed by atoms with Crippen molar-refractivity contribution in [2.75, 3.05) is 6.61 Å². The fraction of sp³-hybridized carbons (Fsp3) is 0.739. The van der Waals surface area contributed by atoms with Crippen LogP contribution in [0.1, 0.15) is 194 Å². The van der Waals surface area contributed by atoms with Crippen molar-refractivity contribution in [1.82, 2.24) is 5.32 Å². The Hall–Kier alpha value is -2.44. The lowest BCUT2D eigenvalue weighted by atomic mass is 10.0. The molecule has 0 aromatic carbocycles. The maximum Gasteiger partial charge on any atom is 0.306 e. The molecule has 0 heterocycles. The average Bonchev–Trinajstić information content (AvgIpc) is 3.13. The first kappa shape index (κ1) is 49.6. The minimum atomic E-state index is -0.803.